The molecule has 0 aliphatic carbocycles. The summed E-state index contributed by atoms with van der Waals surface area (Å²) in [6, 6.07) is -0.882. The molecule has 2 N–H and O–H groups in total. The summed E-state index contributed by atoms with van der Waals surface area (Å²) in [5.74, 6) is -0.202. The number of amides is 1. The minimum atomic E-state index is -4.58. The van der Waals surface area contributed by atoms with Crippen molar-refractivity contribution >= 4 is 13.7 Å². The molecule has 8 nitrogen and oxygen atoms in total. The maximum atomic E-state index is 12.8. The largest absolute Gasteiger partial charge is 0.756 e. The summed E-state index contributed by atoms with van der Waals surface area (Å²) in [4.78, 5) is 25.2. The first kappa shape index (κ1) is 61.2. The van der Waals surface area contributed by atoms with E-state index >= 15 is 0 Å². The van der Waals surface area contributed by atoms with Crippen molar-refractivity contribution in [3.8, 4) is 0 Å². The number of aliphatic hydroxyl groups is 1. The summed E-state index contributed by atoms with van der Waals surface area (Å²) in [7, 11) is 1.26. The number of aliphatic hydroxyl groups excluding tert-OH is 1. The van der Waals surface area contributed by atoms with Crippen molar-refractivity contribution in [1.29, 1.82) is 0 Å². The van der Waals surface area contributed by atoms with Gasteiger partial charge in [-0.1, -0.05) is 222 Å². The van der Waals surface area contributed by atoms with Crippen LogP contribution in [-0.4, -0.2) is 68.5 Å². The number of nitrogens with one attached hydrogen (secondary N) is 1. The Balaban J connectivity index is 3.80. The normalized spacial score (nSPS) is 14.6. The zero-order chi connectivity index (χ0) is 46.4. The molecule has 1 amide bonds. The van der Waals surface area contributed by atoms with Gasteiger partial charge in [-0.15, -0.1) is 0 Å². The van der Waals surface area contributed by atoms with Crippen LogP contribution < -0.4 is 10.2 Å². The maximum Gasteiger partial charge on any atom is 0.268 e. The van der Waals surface area contributed by atoms with E-state index in [1.807, 2.05) is 27.2 Å². The third-order valence-electron chi connectivity index (χ3n) is 11.5. The Morgan fingerprint density at radius 2 is 0.968 bits per heavy atom. The molecular weight excluding hydrogens is 804 g/mol. The molecule has 0 aromatic carbocycles. The Kier molecular flexibility index (Phi) is 44.1. The molecule has 0 aliphatic heterocycles. The van der Waals surface area contributed by atoms with Crippen LogP contribution >= 0.6 is 7.82 Å². The molecule has 3 unspecified atom stereocenters. The number of quaternary nitrogens is 1. The van der Waals surface area contributed by atoms with Crippen LogP contribution in [0, 0.1) is 0 Å². The predicted molar refractivity (Wildman–Crippen MR) is 270 cm³/mol. The SMILES string of the molecule is CC/C=C\C/C=C\C/C=C\C/C=C\CCCCCCCCCCCCCCCCCCCCCCCCC(=O)NC(COP(=O)([O-])OCC[N+](C)(C)C)C(O)/C=C/CCCCCC. The summed E-state index contributed by atoms with van der Waals surface area (Å²) in [6.45, 7) is 4.45. The third-order valence-corrected chi connectivity index (χ3v) is 12.4. The van der Waals surface area contributed by atoms with Gasteiger partial charge in [0.1, 0.15) is 13.2 Å². The van der Waals surface area contributed by atoms with E-state index in [4.69, 9.17) is 9.05 Å². The summed E-state index contributed by atoms with van der Waals surface area (Å²) < 4.78 is 23.1. The molecule has 0 aliphatic rings. The van der Waals surface area contributed by atoms with Gasteiger partial charge in [-0.25, -0.2) is 0 Å². The van der Waals surface area contributed by atoms with E-state index < -0.39 is 20.0 Å². The maximum absolute atomic E-state index is 12.8. The van der Waals surface area contributed by atoms with Gasteiger partial charge in [-0.05, 0) is 57.8 Å². The van der Waals surface area contributed by atoms with E-state index in [1.54, 1.807) is 6.08 Å². The van der Waals surface area contributed by atoms with Crippen LogP contribution in [0.3, 0.4) is 0 Å². The highest BCUT2D eigenvalue weighted by Crippen LogP contribution is 2.38. The van der Waals surface area contributed by atoms with Crippen LogP contribution in [0.4, 0.5) is 0 Å². The molecule has 368 valence electrons. The van der Waals surface area contributed by atoms with E-state index in [1.165, 1.54) is 135 Å². The quantitative estimate of drug-likeness (QED) is 0.0273. The number of allylic oxidation sites excluding steroid dienone is 9. The molecule has 0 aromatic heterocycles. The predicted octanol–water partition coefficient (Wildman–Crippen LogP) is 14.7. The van der Waals surface area contributed by atoms with E-state index in [2.05, 4.69) is 67.8 Å². The number of carbonyl (C=O) groups excluding carboxylic acids is 1. The smallest absolute Gasteiger partial charge is 0.268 e. The molecule has 0 aromatic rings. The second-order valence-corrected chi connectivity index (χ2v) is 20.3. The Morgan fingerprint density at radius 1 is 0.571 bits per heavy atom. The monoisotopic (exact) mass is 905 g/mol. The minimum absolute atomic E-state index is 0.00158. The van der Waals surface area contributed by atoms with Gasteiger partial charge in [-0.3, -0.25) is 9.36 Å². The molecule has 0 spiro atoms. The number of hydrogen-bond acceptors (Lipinski definition) is 6. The lowest BCUT2D eigenvalue weighted by Gasteiger charge is -2.29. The van der Waals surface area contributed by atoms with Crippen LogP contribution in [0.2, 0.25) is 0 Å². The van der Waals surface area contributed by atoms with Crippen molar-refractivity contribution in [3.63, 3.8) is 0 Å². The highest BCUT2D eigenvalue weighted by molar-refractivity contribution is 7.45. The zero-order valence-corrected chi connectivity index (χ0v) is 42.7. The fraction of sp³-hybridized carbons (Fsp3) is 0.796. The van der Waals surface area contributed by atoms with Crippen LogP contribution in [0.5, 0.6) is 0 Å². The molecule has 9 heteroatoms. The first-order valence-electron chi connectivity index (χ1n) is 26.2. The van der Waals surface area contributed by atoms with Gasteiger partial charge in [0, 0.05) is 6.42 Å². The fourth-order valence-electron chi connectivity index (χ4n) is 7.38. The van der Waals surface area contributed by atoms with Gasteiger partial charge in [0.2, 0.25) is 5.91 Å². The summed E-state index contributed by atoms with van der Waals surface area (Å²) in [6.07, 6.45) is 60.6. The highest BCUT2D eigenvalue weighted by atomic mass is 31.2. The number of carbonyl (C=O) groups is 1. The standard InChI is InChI=1S/C54H101N2O6P/c1-6-8-10-12-14-15-16-17-18-19-20-21-22-23-24-25-26-27-28-29-30-31-32-33-34-35-36-37-38-39-40-41-42-44-46-48-54(58)55-52(53(57)47-45-43-13-11-9-7-2)51-62-63(59,60)61-50-49-56(3,4)5/h8,10,14-15,17-18,20-21,45,47,52-53,57H,6-7,9,11-13,16,19,22-44,46,48-51H2,1-5H3,(H-,55,58,59,60)/b10-8-,15-14-,18-17-,21-20-,47-45+. The lowest BCUT2D eigenvalue weighted by atomic mass is 10.0. The number of phosphoric acid groups is 1. The number of phosphoric ester groups is 1. The molecule has 0 heterocycles. The summed E-state index contributed by atoms with van der Waals surface area (Å²) in [5.41, 5.74) is 0. The Morgan fingerprint density at radius 3 is 1.41 bits per heavy atom. The van der Waals surface area contributed by atoms with Gasteiger partial charge < -0.3 is 28.8 Å². The lowest BCUT2D eigenvalue weighted by Crippen LogP contribution is -2.45. The van der Waals surface area contributed by atoms with Crippen LogP contribution in [0.15, 0.2) is 60.8 Å². The number of unbranched alkanes of at least 4 members (excludes halogenated alkanes) is 26. The van der Waals surface area contributed by atoms with Gasteiger partial charge in [-0.2, -0.15) is 0 Å². The fourth-order valence-corrected chi connectivity index (χ4v) is 8.10. The van der Waals surface area contributed by atoms with E-state index in [0.29, 0.717) is 17.4 Å². The van der Waals surface area contributed by atoms with Crippen LogP contribution in [0.1, 0.15) is 226 Å². The summed E-state index contributed by atoms with van der Waals surface area (Å²) in [5, 5.41) is 13.6. The van der Waals surface area contributed by atoms with Crippen molar-refractivity contribution in [2.24, 2.45) is 0 Å². The van der Waals surface area contributed by atoms with Crippen LogP contribution in [-0.2, 0) is 18.4 Å². The number of nitrogens with zero attached hydrogens (tertiary/aromatic N) is 1. The first-order valence-corrected chi connectivity index (χ1v) is 27.6. The molecular formula is C54H101N2O6P. The Bertz CT molecular complexity index is 1210. The average Bonchev–Trinajstić information content (AvgIpc) is 3.24. The number of likely N-dealkylation sites (N-methyl/N-ethyl adjacent to an activating group) is 1. The molecule has 63 heavy (non-hydrogen) atoms. The van der Waals surface area contributed by atoms with E-state index in [0.717, 1.165) is 70.6 Å². The van der Waals surface area contributed by atoms with Gasteiger partial charge in [0.05, 0.1) is 39.9 Å². The first-order chi connectivity index (χ1) is 30.5. The topological polar surface area (TPSA) is 108 Å². The van der Waals surface area contributed by atoms with Crippen molar-refractivity contribution in [2.45, 2.75) is 238 Å². The molecule has 0 radical (unpaired) electrons. The number of rotatable bonds is 47. The van der Waals surface area contributed by atoms with Crippen molar-refractivity contribution < 1.29 is 32.9 Å². The van der Waals surface area contributed by atoms with Crippen molar-refractivity contribution in [2.75, 3.05) is 40.9 Å². The molecule has 0 fully saturated rings. The van der Waals surface area contributed by atoms with Crippen LogP contribution in [0.25, 0.3) is 0 Å². The summed E-state index contributed by atoms with van der Waals surface area (Å²) >= 11 is 0. The average molecular weight is 905 g/mol. The molecule has 3 atom stereocenters. The van der Waals surface area contributed by atoms with Gasteiger partial charge >= 0.3 is 0 Å². The zero-order valence-electron chi connectivity index (χ0n) is 41.8. The molecule has 0 rings (SSSR count). The van der Waals surface area contributed by atoms with E-state index in [9.17, 15) is 19.4 Å². The second kappa shape index (κ2) is 45.4. The molecule has 0 saturated carbocycles. The minimum Gasteiger partial charge on any atom is -0.756 e. The van der Waals surface area contributed by atoms with Gasteiger partial charge in [0.25, 0.3) is 7.82 Å². The number of hydrogen-bond donors (Lipinski definition) is 2. The Labute approximate surface area is 390 Å². The van der Waals surface area contributed by atoms with Crippen molar-refractivity contribution in [1.82, 2.24) is 5.32 Å². The third kappa shape index (κ3) is 48.0. The van der Waals surface area contributed by atoms with E-state index in [-0.39, 0.29) is 19.1 Å². The lowest BCUT2D eigenvalue weighted by molar-refractivity contribution is -0.870. The molecule has 0 bridgehead atoms. The van der Waals surface area contributed by atoms with Crippen molar-refractivity contribution in [3.05, 3.63) is 60.8 Å². The molecule has 0 saturated heterocycles. The second-order valence-electron chi connectivity index (χ2n) is 18.9. The van der Waals surface area contributed by atoms with Gasteiger partial charge in [0.15, 0.2) is 0 Å². The highest BCUT2D eigenvalue weighted by Gasteiger charge is 2.23. The Hall–Kier alpha value is -1.80.